The number of nitrogens with one attached hydrogen (secondary N) is 1. The van der Waals surface area contributed by atoms with Crippen LogP contribution >= 0.6 is 0 Å². The third kappa shape index (κ3) is 0.864. The van der Waals surface area contributed by atoms with Crippen molar-refractivity contribution in [2.75, 3.05) is 7.11 Å². The Balaban J connectivity index is 2.14. The molecule has 2 heteroatoms. The van der Waals surface area contributed by atoms with Gasteiger partial charge in [0, 0.05) is 0 Å². The van der Waals surface area contributed by atoms with Crippen molar-refractivity contribution in [1.82, 2.24) is 5.32 Å². The van der Waals surface area contributed by atoms with Crippen LogP contribution in [0.25, 0.3) is 0 Å². The van der Waals surface area contributed by atoms with Crippen LogP contribution in [0.15, 0.2) is 30.4 Å². The molecule has 0 saturated carbocycles. The summed E-state index contributed by atoms with van der Waals surface area (Å²) < 4.78 is 5.20. The molecule has 2 aliphatic heterocycles. The molecule has 2 bridgehead atoms. The SMILES string of the molecule is COc1ccc2c(c1)C1C=CC2N1. The molecule has 3 rings (SSSR count). The molecule has 66 valence electrons. The van der Waals surface area contributed by atoms with Crippen molar-refractivity contribution in [3.63, 3.8) is 0 Å². The molecular weight excluding hydrogens is 162 g/mol. The maximum absolute atomic E-state index is 5.20. The van der Waals surface area contributed by atoms with Crippen molar-refractivity contribution in [1.29, 1.82) is 0 Å². The fraction of sp³-hybridized carbons (Fsp3) is 0.273. The summed E-state index contributed by atoms with van der Waals surface area (Å²) in [6.07, 6.45) is 4.44. The van der Waals surface area contributed by atoms with Gasteiger partial charge in [-0.3, -0.25) is 5.32 Å². The van der Waals surface area contributed by atoms with E-state index in [2.05, 4.69) is 29.6 Å². The molecule has 0 spiro atoms. The molecule has 0 fully saturated rings. The Hall–Kier alpha value is -1.28. The summed E-state index contributed by atoms with van der Waals surface area (Å²) >= 11 is 0. The Morgan fingerprint density at radius 2 is 1.92 bits per heavy atom. The highest BCUT2D eigenvalue weighted by Gasteiger charge is 2.31. The highest BCUT2D eigenvalue weighted by Crippen LogP contribution is 2.41. The summed E-state index contributed by atoms with van der Waals surface area (Å²) in [5, 5.41) is 3.48. The Labute approximate surface area is 77.2 Å². The third-order valence-corrected chi connectivity index (χ3v) is 2.82. The van der Waals surface area contributed by atoms with Gasteiger partial charge >= 0.3 is 0 Å². The van der Waals surface area contributed by atoms with Gasteiger partial charge in [0.25, 0.3) is 0 Å². The van der Waals surface area contributed by atoms with Gasteiger partial charge in [0.15, 0.2) is 0 Å². The lowest BCUT2D eigenvalue weighted by Gasteiger charge is -2.09. The normalized spacial score (nSPS) is 27.8. The van der Waals surface area contributed by atoms with Crippen molar-refractivity contribution in [3.05, 3.63) is 41.5 Å². The zero-order valence-electron chi connectivity index (χ0n) is 7.45. The number of methoxy groups -OCH3 is 1. The summed E-state index contributed by atoms with van der Waals surface area (Å²) in [6, 6.07) is 7.14. The van der Waals surface area contributed by atoms with Gasteiger partial charge in [-0.1, -0.05) is 18.2 Å². The lowest BCUT2D eigenvalue weighted by molar-refractivity contribution is 0.414. The minimum atomic E-state index is 0.412. The van der Waals surface area contributed by atoms with Crippen LogP contribution in [0, 0.1) is 0 Å². The van der Waals surface area contributed by atoms with Crippen molar-refractivity contribution < 1.29 is 4.74 Å². The van der Waals surface area contributed by atoms with Gasteiger partial charge in [-0.05, 0) is 23.3 Å². The van der Waals surface area contributed by atoms with E-state index in [9.17, 15) is 0 Å². The summed E-state index contributed by atoms with van der Waals surface area (Å²) in [5.74, 6) is 0.946. The van der Waals surface area contributed by atoms with Crippen molar-refractivity contribution in [3.8, 4) is 5.75 Å². The molecule has 1 N–H and O–H groups in total. The topological polar surface area (TPSA) is 21.3 Å². The monoisotopic (exact) mass is 173 g/mol. The van der Waals surface area contributed by atoms with Crippen LogP contribution < -0.4 is 10.1 Å². The average molecular weight is 173 g/mol. The smallest absolute Gasteiger partial charge is 0.119 e. The summed E-state index contributed by atoms with van der Waals surface area (Å²) in [4.78, 5) is 0. The second-order valence-corrected chi connectivity index (χ2v) is 3.50. The van der Waals surface area contributed by atoms with E-state index in [0.29, 0.717) is 12.1 Å². The third-order valence-electron chi connectivity index (χ3n) is 2.82. The second kappa shape index (κ2) is 2.36. The average Bonchev–Trinajstić information content (AvgIpc) is 2.77. The standard InChI is InChI=1S/C11H11NO/c1-13-7-2-3-8-9(6-7)11-5-4-10(8)12-11/h2-6,10-12H,1H3. The molecule has 0 radical (unpaired) electrons. The van der Waals surface area contributed by atoms with Crippen LogP contribution in [-0.4, -0.2) is 7.11 Å². The molecule has 1 aromatic rings. The van der Waals surface area contributed by atoms with E-state index in [4.69, 9.17) is 4.74 Å². The number of ether oxygens (including phenoxy) is 1. The van der Waals surface area contributed by atoms with E-state index in [1.54, 1.807) is 7.11 Å². The van der Waals surface area contributed by atoms with Crippen LogP contribution in [0.1, 0.15) is 23.2 Å². The molecule has 1 aromatic carbocycles. The predicted octanol–water partition coefficient (Wildman–Crippen LogP) is 1.95. The van der Waals surface area contributed by atoms with Crippen LogP contribution in [0.4, 0.5) is 0 Å². The van der Waals surface area contributed by atoms with Crippen molar-refractivity contribution in [2.24, 2.45) is 0 Å². The zero-order valence-corrected chi connectivity index (χ0v) is 7.45. The highest BCUT2D eigenvalue weighted by atomic mass is 16.5. The van der Waals surface area contributed by atoms with E-state index in [0.717, 1.165) is 5.75 Å². The molecule has 2 nitrogen and oxygen atoms in total. The molecule has 0 amide bonds. The van der Waals surface area contributed by atoms with Gasteiger partial charge < -0.3 is 4.74 Å². The first kappa shape index (κ1) is 7.15. The molecule has 2 aliphatic rings. The lowest BCUT2D eigenvalue weighted by atomic mass is 9.97. The Bertz CT molecular complexity index is 384. The van der Waals surface area contributed by atoms with Gasteiger partial charge in [-0.2, -0.15) is 0 Å². The Morgan fingerprint density at radius 3 is 2.69 bits per heavy atom. The lowest BCUT2D eigenvalue weighted by Crippen LogP contribution is -2.07. The quantitative estimate of drug-likeness (QED) is 0.655. The molecular formula is C11H11NO. The van der Waals surface area contributed by atoms with E-state index in [1.165, 1.54) is 11.1 Å². The minimum absolute atomic E-state index is 0.412. The van der Waals surface area contributed by atoms with Crippen LogP contribution in [0.3, 0.4) is 0 Å². The Morgan fingerprint density at radius 1 is 1.15 bits per heavy atom. The van der Waals surface area contributed by atoms with Crippen LogP contribution in [0.5, 0.6) is 5.75 Å². The second-order valence-electron chi connectivity index (χ2n) is 3.50. The number of hydrogen-bond donors (Lipinski definition) is 1. The number of rotatable bonds is 1. The van der Waals surface area contributed by atoms with E-state index in [1.807, 2.05) is 6.07 Å². The molecule has 13 heavy (non-hydrogen) atoms. The largest absolute Gasteiger partial charge is 0.497 e. The van der Waals surface area contributed by atoms with Crippen molar-refractivity contribution >= 4 is 0 Å². The fourth-order valence-corrected chi connectivity index (χ4v) is 2.15. The maximum atomic E-state index is 5.20. The van der Waals surface area contributed by atoms with Crippen LogP contribution in [-0.2, 0) is 0 Å². The molecule has 0 aromatic heterocycles. The van der Waals surface area contributed by atoms with E-state index < -0.39 is 0 Å². The summed E-state index contributed by atoms with van der Waals surface area (Å²) in [7, 11) is 1.71. The summed E-state index contributed by atoms with van der Waals surface area (Å²) in [5.41, 5.74) is 2.76. The van der Waals surface area contributed by atoms with E-state index in [-0.39, 0.29) is 0 Å². The number of benzene rings is 1. The van der Waals surface area contributed by atoms with Crippen molar-refractivity contribution in [2.45, 2.75) is 12.1 Å². The maximum Gasteiger partial charge on any atom is 0.119 e. The molecule has 0 aliphatic carbocycles. The van der Waals surface area contributed by atoms with Gasteiger partial charge in [0.1, 0.15) is 5.75 Å². The first-order valence-electron chi connectivity index (χ1n) is 4.51. The first-order chi connectivity index (χ1) is 6.38. The molecule has 2 unspecified atom stereocenters. The van der Waals surface area contributed by atoms with Gasteiger partial charge in [-0.15, -0.1) is 0 Å². The van der Waals surface area contributed by atoms with Gasteiger partial charge in [-0.25, -0.2) is 0 Å². The van der Waals surface area contributed by atoms with E-state index >= 15 is 0 Å². The fourth-order valence-electron chi connectivity index (χ4n) is 2.15. The number of fused-ring (bicyclic) bond motifs is 5. The Kier molecular flexibility index (Phi) is 1.30. The minimum Gasteiger partial charge on any atom is -0.497 e. The van der Waals surface area contributed by atoms with Gasteiger partial charge in [0.2, 0.25) is 0 Å². The van der Waals surface area contributed by atoms with Crippen LogP contribution in [0.2, 0.25) is 0 Å². The highest BCUT2D eigenvalue weighted by molar-refractivity contribution is 5.49. The zero-order chi connectivity index (χ0) is 8.84. The predicted molar refractivity (Wildman–Crippen MR) is 50.8 cm³/mol. The first-order valence-corrected chi connectivity index (χ1v) is 4.51. The van der Waals surface area contributed by atoms with Gasteiger partial charge in [0.05, 0.1) is 19.2 Å². The molecule has 2 atom stereocenters. The number of hydrogen-bond acceptors (Lipinski definition) is 2. The molecule has 0 saturated heterocycles. The molecule has 2 heterocycles. The summed E-state index contributed by atoms with van der Waals surface area (Å²) in [6.45, 7) is 0.